The number of rotatable bonds is 1. The summed E-state index contributed by atoms with van der Waals surface area (Å²) in [5.41, 5.74) is 0. The molecule has 0 N–H and O–H groups in total. The van der Waals surface area contributed by atoms with Crippen LogP contribution in [-0.2, 0) is 0 Å². The van der Waals surface area contributed by atoms with Gasteiger partial charge >= 0.3 is 0 Å². The van der Waals surface area contributed by atoms with Crippen molar-refractivity contribution in [2.45, 2.75) is 24.6 Å². The number of hydrogen-bond donors (Lipinski definition) is 0. The van der Waals surface area contributed by atoms with Gasteiger partial charge in [0.2, 0.25) is 0 Å². The Labute approximate surface area is 59.1 Å². The van der Waals surface area contributed by atoms with Gasteiger partial charge in [-0.2, -0.15) is 0 Å². The van der Waals surface area contributed by atoms with Crippen molar-refractivity contribution in [1.82, 2.24) is 0 Å². The largest absolute Gasteiger partial charge is 0.0881 e. The fourth-order valence-electron chi connectivity index (χ4n) is 1.07. The van der Waals surface area contributed by atoms with Gasteiger partial charge < -0.3 is 0 Å². The summed E-state index contributed by atoms with van der Waals surface area (Å²) in [4.78, 5) is 0.729. The Morgan fingerprint density at radius 2 is 2.50 bits per heavy atom. The lowest BCUT2D eigenvalue weighted by Crippen LogP contribution is -2.03. The number of halogens is 1. The molecule has 8 heavy (non-hydrogen) atoms. The van der Waals surface area contributed by atoms with Gasteiger partial charge in [-0.25, -0.2) is 0 Å². The highest BCUT2D eigenvalue weighted by Crippen LogP contribution is 2.27. The van der Waals surface area contributed by atoms with Crippen molar-refractivity contribution in [1.29, 1.82) is 0 Å². The maximum absolute atomic E-state index is 3.60. The molecule has 0 spiro atoms. The molecular formula is C7H11Br. The van der Waals surface area contributed by atoms with Crippen LogP contribution in [0.5, 0.6) is 0 Å². The maximum Gasteiger partial charge on any atom is 0.0242 e. The van der Waals surface area contributed by atoms with E-state index in [4.69, 9.17) is 0 Å². The molecule has 0 nitrogen and oxygen atoms in total. The van der Waals surface area contributed by atoms with Crippen molar-refractivity contribution in [3.05, 3.63) is 12.2 Å². The van der Waals surface area contributed by atoms with Crippen LogP contribution in [0.1, 0.15) is 19.8 Å². The highest BCUT2D eigenvalue weighted by Gasteiger charge is 2.16. The molecule has 0 bridgehead atoms. The second-order valence-electron chi connectivity index (χ2n) is 2.25. The van der Waals surface area contributed by atoms with E-state index >= 15 is 0 Å². The Hall–Kier alpha value is 0.220. The van der Waals surface area contributed by atoms with Crippen LogP contribution in [0.3, 0.4) is 0 Å². The van der Waals surface area contributed by atoms with Crippen molar-refractivity contribution in [2.24, 2.45) is 5.92 Å². The lowest BCUT2D eigenvalue weighted by atomic mass is 10.1. The molecule has 0 aromatic heterocycles. The molecular weight excluding hydrogens is 164 g/mol. The molecule has 46 valence electrons. The van der Waals surface area contributed by atoms with E-state index in [1.54, 1.807) is 0 Å². The topological polar surface area (TPSA) is 0 Å². The lowest BCUT2D eigenvalue weighted by molar-refractivity contribution is 0.635. The standard InChI is InChI=1S/C7H11Br/c1-2-6-4-3-5-7(6)8/h3-4,6-7H,2,5H2,1H3/t6-,7-/m1/s1. The van der Waals surface area contributed by atoms with Crippen molar-refractivity contribution in [2.75, 3.05) is 0 Å². The zero-order valence-electron chi connectivity index (χ0n) is 5.10. The van der Waals surface area contributed by atoms with Crippen molar-refractivity contribution < 1.29 is 0 Å². The van der Waals surface area contributed by atoms with Crippen LogP contribution < -0.4 is 0 Å². The second-order valence-corrected chi connectivity index (χ2v) is 3.43. The van der Waals surface area contributed by atoms with Crippen molar-refractivity contribution in [3.63, 3.8) is 0 Å². The minimum absolute atomic E-state index is 0.729. The Bertz CT molecular complexity index is 96.6. The molecule has 1 heteroatoms. The number of hydrogen-bond acceptors (Lipinski definition) is 0. The first-order valence-electron chi connectivity index (χ1n) is 3.15. The summed E-state index contributed by atoms with van der Waals surface area (Å²) in [5.74, 6) is 0.801. The van der Waals surface area contributed by atoms with Crippen LogP contribution in [0.25, 0.3) is 0 Å². The molecule has 1 aliphatic carbocycles. The normalized spacial score (nSPS) is 36.2. The molecule has 0 aromatic carbocycles. The van der Waals surface area contributed by atoms with Crippen LogP contribution in [0.4, 0.5) is 0 Å². The highest BCUT2D eigenvalue weighted by molar-refractivity contribution is 9.09. The van der Waals surface area contributed by atoms with E-state index in [2.05, 4.69) is 35.0 Å². The van der Waals surface area contributed by atoms with Crippen molar-refractivity contribution in [3.8, 4) is 0 Å². The summed E-state index contributed by atoms with van der Waals surface area (Å²) in [7, 11) is 0. The van der Waals surface area contributed by atoms with Gasteiger partial charge in [-0.3, -0.25) is 0 Å². The maximum atomic E-state index is 3.60. The Balaban J connectivity index is 2.41. The predicted octanol–water partition coefficient (Wildman–Crippen LogP) is 2.74. The minimum Gasteiger partial charge on any atom is -0.0881 e. The van der Waals surface area contributed by atoms with Crippen LogP contribution in [-0.4, -0.2) is 4.83 Å². The average Bonchev–Trinajstić information content (AvgIpc) is 2.14. The average molecular weight is 175 g/mol. The summed E-state index contributed by atoms with van der Waals surface area (Å²) in [6.07, 6.45) is 7.05. The molecule has 0 heterocycles. The molecule has 0 amide bonds. The smallest absolute Gasteiger partial charge is 0.0242 e. The molecule has 0 unspecified atom stereocenters. The van der Waals surface area contributed by atoms with E-state index in [0.717, 1.165) is 10.7 Å². The van der Waals surface area contributed by atoms with Gasteiger partial charge in [0, 0.05) is 4.83 Å². The van der Waals surface area contributed by atoms with E-state index < -0.39 is 0 Å². The molecule has 0 fully saturated rings. The predicted molar refractivity (Wildman–Crippen MR) is 40.3 cm³/mol. The zero-order valence-corrected chi connectivity index (χ0v) is 6.69. The summed E-state index contributed by atoms with van der Waals surface area (Å²) >= 11 is 3.60. The van der Waals surface area contributed by atoms with Gasteiger partial charge in [0.15, 0.2) is 0 Å². The molecule has 0 aromatic rings. The summed E-state index contributed by atoms with van der Waals surface area (Å²) in [6, 6.07) is 0. The second kappa shape index (κ2) is 2.67. The van der Waals surface area contributed by atoms with Crippen LogP contribution >= 0.6 is 15.9 Å². The first kappa shape index (κ1) is 6.34. The fourth-order valence-corrected chi connectivity index (χ4v) is 1.84. The number of alkyl halides is 1. The molecule has 0 aliphatic heterocycles. The SMILES string of the molecule is CC[C@@H]1C=CC[C@H]1Br. The molecule has 0 saturated carbocycles. The first-order chi connectivity index (χ1) is 3.84. The van der Waals surface area contributed by atoms with Gasteiger partial charge in [-0.05, 0) is 18.8 Å². The van der Waals surface area contributed by atoms with E-state index in [0.29, 0.717) is 0 Å². The monoisotopic (exact) mass is 174 g/mol. The van der Waals surface area contributed by atoms with E-state index in [-0.39, 0.29) is 0 Å². The number of allylic oxidation sites excluding steroid dienone is 2. The van der Waals surface area contributed by atoms with Gasteiger partial charge in [-0.15, -0.1) is 0 Å². The molecule has 0 radical (unpaired) electrons. The lowest BCUT2D eigenvalue weighted by Gasteiger charge is -2.07. The zero-order chi connectivity index (χ0) is 5.98. The highest BCUT2D eigenvalue weighted by atomic mass is 79.9. The van der Waals surface area contributed by atoms with Crippen LogP contribution in [0, 0.1) is 5.92 Å². The molecule has 2 atom stereocenters. The van der Waals surface area contributed by atoms with Crippen LogP contribution in [0.15, 0.2) is 12.2 Å². The first-order valence-corrected chi connectivity index (χ1v) is 4.07. The summed E-state index contributed by atoms with van der Waals surface area (Å²) < 4.78 is 0. The minimum atomic E-state index is 0.729. The quantitative estimate of drug-likeness (QED) is 0.424. The van der Waals surface area contributed by atoms with Crippen molar-refractivity contribution >= 4 is 15.9 Å². The van der Waals surface area contributed by atoms with E-state index in [9.17, 15) is 0 Å². The van der Waals surface area contributed by atoms with Crippen LogP contribution in [0.2, 0.25) is 0 Å². The summed E-state index contributed by atoms with van der Waals surface area (Å²) in [6.45, 7) is 2.23. The van der Waals surface area contributed by atoms with Gasteiger partial charge in [-0.1, -0.05) is 35.0 Å². The van der Waals surface area contributed by atoms with Gasteiger partial charge in [0.25, 0.3) is 0 Å². The Kier molecular flexibility index (Phi) is 2.12. The molecule has 0 saturated heterocycles. The summed E-state index contributed by atoms with van der Waals surface area (Å²) in [5, 5.41) is 0. The third kappa shape index (κ3) is 1.13. The van der Waals surface area contributed by atoms with Gasteiger partial charge in [0.05, 0.1) is 0 Å². The van der Waals surface area contributed by atoms with E-state index in [1.807, 2.05) is 0 Å². The molecule has 1 aliphatic rings. The molecule has 1 rings (SSSR count). The third-order valence-electron chi connectivity index (χ3n) is 1.68. The van der Waals surface area contributed by atoms with Gasteiger partial charge in [0.1, 0.15) is 0 Å². The Morgan fingerprint density at radius 3 is 2.75 bits per heavy atom. The van der Waals surface area contributed by atoms with E-state index in [1.165, 1.54) is 12.8 Å². The third-order valence-corrected chi connectivity index (χ3v) is 2.73. The fraction of sp³-hybridized carbons (Fsp3) is 0.714. The Morgan fingerprint density at radius 1 is 1.75 bits per heavy atom.